The summed E-state index contributed by atoms with van der Waals surface area (Å²) in [4.78, 5) is 8.39. The Hall–Kier alpha value is -1.62. The van der Waals surface area contributed by atoms with Crippen LogP contribution in [-0.2, 0) is 6.54 Å². The minimum absolute atomic E-state index is 0.353. The molecule has 4 nitrogen and oxygen atoms in total. The molecular formula is C14H17BrN4. The molecule has 0 bridgehead atoms. The number of halogens is 1. The maximum atomic E-state index is 4.21. The second-order valence-electron chi connectivity index (χ2n) is 4.53. The summed E-state index contributed by atoms with van der Waals surface area (Å²) in [5.41, 5.74) is 1.19. The lowest BCUT2D eigenvalue weighted by atomic mass is 10.2. The molecule has 1 heterocycles. The highest BCUT2D eigenvalue weighted by Gasteiger charge is 2.02. The maximum Gasteiger partial charge on any atom is 0.131 e. The molecule has 0 unspecified atom stereocenters. The molecule has 0 saturated heterocycles. The number of hydrogen-bond donors (Lipinski definition) is 2. The van der Waals surface area contributed by atoms with Crippen LogP contribution in [0.5, 0.6) is 0 Å². The van der Waals surface area contributed by atoms with Gasteiger partial charge in [-0.1, -0.05) is 34.1 Å². The molecule has 1 aromatic carbocycles. The second-order valence-corrected chi connectivity index (χ2v) is 5.39. The molecule has 100 valence electrons. The average molecular weight is 321 g/mol. The van der Waals surface area contributed by atoms with E-state index in [1.807, 2.05) is 24.3 Å². The van der Waals surface area contributed by atoms with Gasteiger partial charge < -0.3 is 10.6 Å². The third-order valence-electron chi connectivity index (χ3n) is 2.52. The van der Waals surface area contributed by atoms with Crippen LogP contribution in [0, 0.1) is 0 Å². The fourth-order valence-electron chi connectivity index (χ4n) is 1.66. The van der Waals surface area contributed by atoms with Crippen molar-refractivity contribution in [3.8, 4) is 0 Å². The molecule has 0 fully saturated rings. The number of aromatic nitrogens is 2. The molecule has 0 aliphatic heterocycles. The van der Waals surface area contributed by atoms with Crippen molar-refractivity contribution < 1.29 is 0 Å². The van der Waals surface area contributed by atoms with E-state index in [9.17, 15) is 0 Å². The normalized spacial score (nSPS) is 10.5. The fraction of sp³-hybridized carbons (Fsp3) is 0.286. The summed E-state index contributed by atoms with van der Waals surface area (Å²) in [6, 6.07) is 10.4. The van der Waals surface area contributed by atoms with Crippen LogP contribution in [0.1, 0.15) is 19.4 Å². The number of rotatable bonds is 5. The van der Waals surface area contributed by atoms with E-state index in [0.29, 0.717) is 6.04 Å². The van der Waals surface area contributed by atoms with Crippen LogP contribution in [0.15, 0.2) is 41.1 Å². The monoisotopic (exact) mass is 320 g/mol. The lowest BCUT2D eigenvalue weighted by Crippen LogP contribution is -2.11. The van der Waals surface area contributed by atoms with Gasteiger partial charge in [0.2, 0.25) is 0 Å². The minimum Gasteiger partial charge on any atom is -0.368 e. The van der Waals surface area contributed by atoms with Crippen molar-refractivity contribution in [2.75, 3.05) is 10.6 Å². The van der Waals surface area contributed by atoms with Crippen LogP contribution in [0.2, 0.25) is 0 Å². The Morgan fingerprint density at radius 1 is 1.16 bits per heavy atom. The van der Waals surface area contributed by atoms with Gasteiger partial charge in [-0.05, 0) is 25.5 Å². The van der Waals surface area contributed by atoms with Crippen molar-refractivity contribution in [1.82, 2.24) is 9.97 Å². The van der Waals surface area contributed by atoms with Gasteiger partial charge in [0.15, 0.2) is 0 Å². The number of benzene rings is 1. The van der Waals surface area contributed by atoms with Gasteiger partial charge in [0, 0.05) is 23.1 Å². The Balaban J connectivity index is 2.02. The first-order valence-electron chi connectivity index (χ1n) is 6.21. The van der Waals surface area contributed by atoms with Crippen LogP contribution >= 0.6 is 15.9 Å². The predicted octanol–water partition coefficient (Wildman–Crippen LogP) is 3.67. The van der Waals surface area contributed by atoms with Crippen molar-refractivity contribution in [1.29, 1.82) is 0 Å². The lowest BCUT2D eigenvalue weighted by Gasteiger charge is -2.11. The zero-order valence-electron chi connectivity index (χ0n) is 11.0. The summed E-state index contributed by atoms with van der Waals surface area (Å²) < 4.78 is 1.09. The first kappa shape index (κ1) is 13.8. The summed E-state index contributed by atoms with van der Waals surface area (Å²) in [5, 5.41) is 6.55. The van der Waals surface area contributed by atoms with E-state index < -0.39 is 0 Å². The Morgan fingerprint density at radius 2 is 1.89 bits per heavy atom. The van der Waals surface area contributed by atoms with E-state index in [4.69, 9.17) is 0 Å². The van der Waals surface area contributed by atoms with E-state index in [-0.39, 0.29) is 0 Å². The standard InChI is InChI=1S/C14H17BrN4/c1-10(2)19-14-7-13(17-9-18-14)16-8-11-5-3-4-6-12(11)15/h3-7,9-10H,8H2,1-2H3,(H2,16,17,18,19). The molecular weight excluding hydrogens is 304 g/mol. The third-order valence-corrected chi connectivity index (χ3v) is 3.30. The third kappa shape index (κ3) is 4.21. The van der Waals surface area contributed by atoms with Crippen LogP contribution in [0.25, 0.3) is 0 Å². The van der Waals surface area contributed by atoms with E-state index >= 15 is 0 Å². The van der Waals surface area contributed by atoms with E-state index in [0.717, 1.165) is 22.7 Å². The SMILES string of the molecule is CC(C)Nc1cc(NCc2ccccc2Br)ncn1. The van der Waals surface area contributed by atoms with Gasteiger partial charge in [-0.25, -0.2) is 9.97 Å². The first-order chi connectivity index (χ1) is 9.15. The summed E-state index contributed by atoms with van der Waals surface area (Å²) in [7, 11) is 0. The summed E-state index contributed by atoms with van der Waals surface area (Å²) in [6.45, 7) is 4.88. The Morgan fingerprint density at radius 3 is 2.63 bits per heavy atom. The van der Waals surface area contributed by atoms with Gasteiger partial charge in [-0.3, -0.25) is 0 Å². The number of hydrogen-bond acceptors (Lipinski definition) is 4. The second kappa shape index (κ2) is 6.52. The van der Waals surface area contributed by atoms with Crippen LogP contribution in [0.4, 0.5) is 11.6 Å². The minimum atomic E-state index is 0.353. The quantitative estimate of drug-likeness (QED) is 0.882. The first-order valence-corrected chi connectivity index (χ1v) is 7.00. The summed E-state index contributed by atoms with van der Waals surface area (Å²) >= 11 is 3.53. The lowest BCUT2D eigenvalue weighted by molar-refractivity contribution is 0.886. The van der Waals surface area contributed by atoms with Gasteiger partial charge in [0.1, 0.15) is 18.0 Å². The van der Waals surface area contributed by atoms with Crippen molar-refractivity contribution >= 4 is 27.6 Å². The van der Waals surface area contributed by atoms with E-state index in [2.05, 4.69) is 56.4 Å². The molecule has 0 aliphatic carbocycles. The van der Waals surface area contributed by atoms with Crippen molar-refractivity contribution in [2.45, 2.75) is 26.4 Å². The molecule has 0 aliphatic rings. The Labute approximate surface area is 121 Å². The number of nitrogens with one attached hydrogen (secondary N) is 2. The Kier molecular flexibility index (Phi) is 4.74. The van der Waals surface area contributed by atoms with Gasteiger partial charge in [0.05, 0.1) is 0 Å². The molecule has 2 rings (SSSR count). The predicted molar refractivity (Wildman–Crippen MR) is 82.3 cm³/mol. The zero-order valence-corrected chi connectivity index (χ0v) is 12.6. The summed E-state index contributed by atoms with van der Waals surface area (Å²) in [6.07, 6.45) is 1.56. The van der Waals surface area contributed by atoms with Crippen molar-refractivity contribution in [3.63, 3.8) is 0 Å². The molecule has 2 N–H and O–H groups in total. The van der Waals surface area contributed by atoms with Gasteiger partial charge in [0.25, 0.3) is 0 Å². The highest BCUT2D eigenvalue weighted by molar-refractivity contribution is 9.10. The number of nitrogens with zero attached hydrogens (tertiary/aromatic N) is 2. The van der Waals surface area contributed by atoms with Gasteiger partial charge >= 0.3 is 0 Å². The van der Waals surface area contributed by atoms with Gasteiger partial charge in [-0.15, -0.1) is 0 Å². The van der Waals surface area contributed by atoms with Crippen LogP contribution in [0.3, 0.4) is 0 Å². The molecule has 0 saturated carbocycles. The van der Waals surface area contributed by atoms with Crippen LogP contribution in [-0.4, -0.2) is 16.0 Å². The highest BCUT2D eigenvalue weighted by Crippen LogP contribution is 2.17. The van der Waals surface area contributed by atoms with E-state index in [1.54, 1.807) is 6.33 Å². The van der Waals surface area contributed by atoms with E-state index in [1.165, 1.54) is 5.56 Å². The maximum absolute atomic E-state index is 4.21. The van der Waals surface area contributed by atoms with Crippen molar-refractivity contribution in [2.24, 2.45) is 0 Å². The molecule has 0 radical (unpaired) electrons. The average Bonchev–Trinajstić information content (AvgIpc) is 2.37. The van der Waals surface area contributed by atoms with Gasteiger partial charge in [-0.2, -0.15) is 0 Å². The van der Waals surface area contributed by atoms with Crippen LogP contribution < -0.4 is 10.6 Å². The molecule has 5 heteroatoms. The van der Waals surface area contributed by atoms with Crippen molar-refractivity contribution in [3.05, 3.63) is 46.7 Å². The largest absolute Gasteiger partial charge is 0.368 e. The molecule has 2 aromatic rings. The molecule has 1 aromatic heterocycles. The molecule has 0 spiro atoms. The highest BCUT2D eigenvalue weighted by atomic mass is 79.9. The molecule has 0 amide bonds. The topological polar surface area (TPSA) is 49.8 Å². The Bertz CT molecular complexity index is 542. The molecule has 0 atom stereocenters. The number of anilines is 2. The smallest absolute Gasteiger partial charge is 0.131 e. The fourth-order valence-corrected chi connectivity index (χ4v) is 2.08. The zero-order chi connectivity index (χ0) is 13.7. The summed E-state index contributed by atoms with van der Waals surface area (Å²) in [5.74, 6) is 1.65. The molecule has 19 heavy (non-hydrogen) atoms.